The summed E-state index contributed by atoms with van der Waals surface area (Å²) in [6.45, 7) is 4.05. The van der Waals surface area contributed by atoms with Gasteiger partial charge >= 0.3 is 0 Å². The molecule has 2 aromatic heterocycles. The predicted octanol–water partition coefficient (Wildman–Crippen LogP) is 5.41. The van der Waals surface area contributed by atoms with Crippen LogP contribution >= 0.6 is 11.3 Å². The van der Waals surface area contributed by atoms with E-state index in [0.29, 0.717) is 5.56 Å². The smallest absolute Gasteiger partial charge is 0.266 e. The molecule has 0 radical (unpaired) electrons. The van der Waals surface area contributed by atoms with Crippen LogP contribution in [0.15, 0.2) is 59.4 Å². The number of H-pyrrole nitrogens is 1. The quantitative estimate of drug-likeness (QED) is 0.522. The standard InChI is InChI=1S/C22H16N2OS/c1-13-9-18(14(2)26-13)19-11-21(24-22(25)20(19)12-23)17-8-7-15-5-3-4-6-16(15)10-17/h3-11H,1-2H3,(H,24,25). The van der Waals surface area contributed by atoms with Gasteiger partial charge in [0.05, 0.1) is 0 Å². The third kappa shape index (κ3) is 2.73. The van der Waals surface area contributed by atoms with Crippen molar-refractivity contribution in [1.82, 2.24) is 4.98 Å². The monoisotopic (exact) mass is 356 g/mol. The summed E-state index contributed by atoms with van der Waals surface area (Å²) in [6, 6.07) is 20.2. The molecule has 26 heavy (non-hydrogen) atoms. The Morgan fingerprint density at radius 3 is 2.42 bits per heavy atom. The Kier molecular flexibility index (Phi) is 3.95. The number of hydrogen-bond donors (Lipinski definition) is 1. The van der Waals surface area contributed by atoms with Gasteiger partial charge in [0.2, 0.25) is 0 Å². The number of aromatic nitrogens is 1. The zero-order chi connectivity index (χ0) is 18.3. The molecule has 4 rings (SSSR count). The van der Waals surface area contributed by atoms with Gasteiger partial charge in [-0.05, 0) is 53.9 Å². The summed E-state index contributed by atoms with van der Waals surface area (Å²) in [4.78, 5) is 17.7. The summed E-state index contributed by atoms with van der Waals surface area (Å²) in [5.41, 5.74) is 3.11. The van der Waals surface area contributed by atoms with Crippen molar-refractivity contribution in [3.63, 3.8) is 0 Å². The first-order chi connectivity index (χ1) is 12.6. The summed E-state index contributed by atoms with van der Waals surface area (Å²) >= 11 is 1.67. The molecule has 2 aromatic carbocycles. The summed E-state index contributed by atoms with van der Waals surface area (Å²) in [6.07, 6.45) is 0. The molecule has 0 aliphatic rings. The van der Waals surface area contributed by atoms with Gasteiger partial charge in [0.25, 0.3) is 5.56 Å². The van der Waals surface area contributed by atoms with Crippen molar-refractivity contribution < 1.29 is 0 Å². The van der Waals surface area contributed by atoms with Gasteiger partial charge in [-0.15, -0.1) is 11.3 Å². The number of thiophene rings is 1. The van der Waals surface area contributed by atoms with Gasteiger partial charge in [-0.2, -0.15) is 5.26 Å². The number of aryl methyl sites for hydroxylation is 2. The van der Waals surface area contributed by atoms with Gasteiger partial charge in [0.1, 0.15) is 11.6 Å². The lowest BCUT2D eigenvalue weighted by atomic mass is 9.98. The van der Waals surface area contributed by atoms with Gasteiger partial charge in [0.15, 0.2) is 0 Å². The molecule has 1 N–H and O–H groups in total. The molecule has 3 nitrogen and oxygen atoms in total. The fourth-order valence-corrected chi connectivity index (χ4v) is 4.23. The van der Waals surface area contributed by atoms with E-state index < -0.39 is 0 Å². The Hall–Kier alpha value is -3.16. The lowest BCUT2D eigenvalue weighted by Crippen LogP contribution is -2.12. The van der Waals surface area contributed by atoms with Crippen LogP contribution < -0.4 is 5.56 Å². The lowest BCUT2D eigenvalue weighted by molar-refractivity contribution is 1.22. The Labute approximate surface area is 155 Å². The zero-order valence-corrected chi connectivity index (χ0v) is 15.3. The van der Waals surface area contributed by atoms with Crippen molar-refractivity contribution in [1.29, 1.82) is 5.26 Å². The van der Waals surface area contributed by atoms with Gasteiger partial charge in [0, 0.05) is 21.0 Å². The second-order valence-corrected chi connectivity index (χ2v) is 7.76. The van der Waals surface area contributed by atoms with Crippen LogP contribution in [0.3, 0.4) is 0 Å². The number of benzene rings is 2. The number of hydrogen-bond acceptors (Lipinski definition) is 3. The predicted molar refractivity (Wildman–Crippen MR) is 108 cm³/mol. The maximum atomic E-state index is 12.5. The highest BCUT2D eigenvalue weighted by Crippen LogP contribution is 2.33. The Bertz CT molecular complexity index is 1240. The Balaban J connectivity index is 1.96. The maximum absolute atomic E-state index is 12.5. The zero-order valence-electron chi connectivity index (χ0n) is 14.5. The van der Waals surface area contributed by atoms with Crippen LogP contribution in [0.1, 0.15) is 15.3 Å². The van der Waals surface area contributed by atoms with Gasteiger partial charge in [-0.25, -0.2) is 0 Å². The lowest BCUT2D eigenvalue weighted by Gasteiger charge is -2.09. The van der Waals surface area contributed by atoms with Crippen LogP contribution in [0, 0.1) is 25.2 Å². The van der Waals surface area contributed by atoms with E-state index in [-0.39, 0.29) is 11.1 Å². The Morgan fingerprint density at radius 2 is 1.73 bits per heavy atom. The first-order valence-electron chi connectivity index (χ1n) is 8.31. The van der Waals surface area contributed by atoms with E-state index in [1.165, 1.54) is 0 Å². The highest BCUT2D eigenvalue weighted by molar-refractivity contribution is 7.12. The molecule has 0 unspecified atom stereocenters. The molecular weight excluding hydrogens is 340 g/mol. The largest absolute Gasteiger partial charge is 0.321 e. The van der Waals surface area contributed by atoms with E-state index in [1.54, 1.807) is 11.3 Å². The van der Waals surface area contributed by atoms with Crippen molar-refractivity contribution in [2.45, 2.75) is 13.8 Å². The minimum Gasteiger partial charge on any atom is -0.321 e. The average Bonchev–Trinajstić information content (AvgIpc) is 2.98. The molecule has 0 amide bonds. The van der Waals surface area contributed by atoms with Crippen LogP contribution in [0.5, 0.6) is 0 Å². The second-order valence-electron chi connectivity index (χ2n) is 6.30. The molecule has 0 fully saturated rings. The van der Waals surface area contributed by atoms with Crippen LogP contribution in [0.2, 0.25) is 0 Å². The number of nitrogens with zero attached hydrogens (tertiary/aromatic N) is 1. The highest BCUT2D eigenvalue weighted by atomic mass is 32.1. The number of pyridine rings is 1. The summed E-state index contributed by atoms with van der Waals surface area (Å²) < 4.78 is 0. The first-order valence-corrected chi connectivity index (χ1v) is 9.12. The summed E-state index contributed by atoms with van der Waals surface area (Å²) in [5.74, 6) is 0. The molecule has 0 aliphatic heterocycles. The molecule has 4 heteroatoms. The van der Waals surface area contributed by atoms with E-state index in [4.69, 9.17) is 0 Å². The minimum atomic E-state index is -0.351. The van der Waals surface area contributed by atoms with E-state index in [1.807, 2.05) is 56.3 Å². The molecule has 0 spiro atoms. The molecule has 0 saturated heterocycles. The van der Waals surface area contributed by atoms with Crippen molar-refractivity contribution in [3.05, 3.63) is 80.3 Å². The Morgan fingerprint density at radius 1 is 0.962 bits per heavy atom. The molecule has 0 atom stereocenters. The summed E-state index contributed by atoms with van der Waals surface area (Å²) in [5, 5.41) is 11.8. The normalized spacial score (nSPS) is 10.8. The van der Waals surface area contributed by atoms with E-state index in [2.05, 4.69) is 23.2 Å². The number of fused-ring (bicyclic) bond motifs is 1. The number of nitriles is 1. The minimum absolute atomic E-state index is 0.162. The molecule has 0 bridgehead atoms. The average molecular weight is 356 g/mol. The number of aromatic amines is 1. The fraction of sp³-hybridized carbons (Fsp3) is 0.0909. The van der Waals surface area contributed by atoms with Crippen LogP contribution in [0.4, 0.5) is 0 Å². The topological polar surface area (TPSA) is 56.6 Å². The SMILES string of the molecule is Cc1cc(-c2cc(-c3ccc4ccccc4c3)[nH]c(=O)c2C#N)c(C)s1. The molecule has 4 aromatic rings. The maximum Gasteiger partial charge on any atom is 0.266 e. The molecule has 0 aliphatic carbocycles. The van der Waals surface area contributed by atoms with Crippen molar-refractivity contribution in [2.75, 3.05) is 0 Å². The third-order valence-electron chi connectivity index (χ3n) is 4.54. The first kappa shape index (κ1) is 16.3. The second kappa shape index (κ2) is 6.29. The third-order valence-corrected chi connectivity index (χ3v) is 5.50. The highest BCUT2D eigenvalue weighted by Gasteiger charge is 2.15. The summed E-state index contributed by atoms with van der Waals surface area (Å²) in [7, 11) is 0. The number of rotatable bonds is 2. The van der Waals surface area contributed by atoms with E-state index in [0.717, 1.165) is 37.3 Å². The van der Waals surface area contributed by atoms with Crippen LogP contribution in [0.25, 0.3) is 33.2 Å². The van der Waals surface area contributed by atoms with Crippen molar-refractivity contribution in [3.8, 4) is 28.5 Å². The van der Waals surface area contributed by atoms with Crippen molar-refractivity contribution >= 4 is 22.1 Å². The van der Waals surface area contributed by atoms with Crippen molar-refractivity contribution in [2.24, 2.45) is 0 Å². The van der Waals surface area contributed by atoms with Gasteiger partial charge < -0.3 is 4.98 Å². The molecule has 2 heterocycles. The van der Waals surface area contributed by atoms with Crippen LogP contribution in [-0.4, -0.2) is 4.98 Å². The van der Waals surface area contributed by atoms with E-state index >= 15 is 0 Å². The number of nitrogens with one attached hydrogen (secondary N) is 1. The molecule has 0 saturated carbocycles. The molecule has 126 valence electrons. The molecular formula is C22H16N2OS. The van der Waals surface area contributed by atoms with Gasteiger partial charge in [-0.1, -0.05) is 36.4 Å². The fourth-order valence-electron chi connectivity index (χ4n) is 3.29. The van der Waals surface area contributed by atoms with E-state index in [9.17, 15) is 10.1 Å². The van der Waals surface area contributed by atoms with Crippen LogP contribution in [-0.2, 0) is 0 Å². The van der Waals surface area contributed by atoms with Gasteiger partial charge in [-0.3, -0.25) is 4.79 Å².